The van der Waals surface area contributed by atoms with Gasteiger partial charge in [0.05, 0.1) is 5.92 Å². The van der Waals surface area contributed by atoms with Crippen LogP contribution < -0.4 is 0 Å². The number of rotatable bonds is 7. The molecule has 90 valence electrons. The molecule has 2 unspecified atom stereocenters. The van der Waals surface area contributed by atoms with Gasteiger partial charge in [-0.05, 0) is 25.2 Å². The Labute approximate surface area is 94.4 Å². The molecule has 0 aromatic heterocycles. The van der Waals surface area contributed by atoms with E-state index in [4.69, 9.17) is 4.74 Å². The molecule has 0 rings (SSSR count). The van der Waals surface area contributed by atoms with Gasteiger partial charge in [0, 0.05) is 0 Å². The summed E-state index contributed by atoms with van der Waals surface area (Å²) in [6, 6.07) is 0. The van der Waals surface area contributed by atoms with Crippen LogP contribution in [-0.4, -0.2) is 12.1 Å². The molecule has 0 N–H and O–H groups in total. The molecule has 0 amide bonds. The molecule has 15 heavy (non-hydrogen) atoms. The van der Waals surface area contributed by atoms with Crippen LogP contribution in [0.25, 0.3) is 0 Å². The van der Waals surface area contributed by atoms with Crippen LogP contribution in [0.4, 0.5) is 0 Å². The Balaban J connectivity index is 3.98. The number of esters is 1. The molecule has 0 aliphatic carbocycles. The minimum atomic E-state index is -0.0241. The molecule has 0 fully saturated rings. The second-order valence-electron chi connectivity index (χ2n) is 4.79. The highest BCUT2D eigenvalue weighted by molar-refractivity contribution is 5.72. The van der Waals surface area contributed by atoms with Gasteiger partial charge in [-0.15, -0.1) is 0 Å². The summed E-state index contributed by atoms with van der Waals surface area (Å²) in [5.74, 6) is 0.568. The van der Waals surface area contributed by atoms with Crippen LogP contribution in [0.3, 0.4) is 0 Å². The van der Waals surface area contributed by atoms with Crippen LogP contribution in [0.5, 0.6) is 0 Å². The molecule has 0 aliphatic rings. The van der Waals surface area contributed by atoms with Gasteiger partial charge in [0.1, 0.15) is 6.10 Å². The molecular formula is C13H26O2. The van der Waals surface area contributed by atoms with Gasteiger partial charge in [0.15, 0.2) is 0 Å². The van der Waals surface area contributed by atoms with Crippen molar-refractivity contribution in [2.75, 3.05) is 0 Å². The average Bonchev–Trinajstić information content (AvgIpc) is 2.15. The van der Waals surface area contributed by atoms with Gasteiger partial charge in [-0.2, -0.15) is 0 Å². The molecular weight excluding hydrogens is 188 g/mol. The summed E-state index contributed by atoms with van der Waals surface area (Å²) in [7, 11) is 0. The first-order chi connectivity index (χ1) is 7.01. The van der Waals surface area contributed by atoms with Crippen molar-refractivity contribution in [3.63, 3.8) is 0 Å². The Morgan fingerprint density at radius 3 is 2.20 bits per heavy atom. The lowest BCUT2D eigenvalue weighted by molar-refractivity contribution is -0.154. The summed E-state index contributed by atoms with van der Waals surface area (Å²) < 4.78 is 5.46. The first-order valence-electron chi connectivity index (χ1n) is 6.21. The molecule has 0 bridgehead atoms. The molecule has 0 spiro atoms. The lowest BCUT2D eigenvalue weighted by Gasteiger charge is -2.19. The Hall–Kier alpha value is -0.530. The van der Waals surface area contributed by atoms with Crippen LogP contribution in [0.1, 0.15) is 60.3 Å². The van der Waals surface area contributed by atoms with Crippen LogP contribution in [0, 0.1) is 11.8 Å². The predicted molar refractivity (Wildman–Crippen MR) is 63.7 cm³/mol. The highest BCUT2D eigenvalue weighted by Crippen LogP contribution is 2.15. The lowest BCUT2D eigenvalue weighted by atomic mass is 9.99. The Kier molecular flexibility index (Phi) is 7.45. The lowest BCUT2D eigenvalue weighted by Crippen LogP contribution is -2.23. The molecule has 0 saturated carbocycles. The zero-order valence-corrected chi connectivity index (χ0v) is 10.9. The van der Waals surface area contributed by atoms with E-state index in [1.54, 1.807) is 0 Å². The summed E-state index contributed by atoms with van der Waals surface area (Å²) in [5, 5.41) is 0. The summed E-state index contributed by atoms with van der Waals surface area (Å²) in [6.45, 7) is 10.4. The van der Waals surface area contributed by atoms with Gasteiger partial charge >= 0.3 is 5.97 Å². The van der Waals surface area contributed by atoms with E-state index in [1.807, 2.05) is 6.92 Å². The fraction of sp³-hybridized carbons (Fsp3) is 0.923. The number of carbonyl (C=O) groups is 1. The largest absolute Gasteiger partial charge is 0.462 e. The molecule has 2 heteroatoms. The zero-order chi connectivity index (χ0) is 11.8. The van der Waals surface area contributed by atoms with Gasteiger partial charge in [-0.25, -0.2) is 0 Å². The summed E-state index contributed by atoms with van der Waals surface area (Å²) in [6.07, 6.45) is 4.02. The fourth-order valence-corrected chi connectivity index (χ4v) is 1.75. The van der Waals surface area contributed by atoms with Crippen LogP contribution >= 0.6 is 0 Å². The van der Waals surface area contributed by atoms with E-state index in [0.717, 1.165) is 25.7 Å². The van der Waals surface area contributed by atoms with E-state index >= 15 is 0 Å². The third-order valence-electron chi connectivity index (χ3n) is 2.58. The zero-order valence-electron chi connectivity index (χ0n) is 10.9. The molecule has 0 saturated heterocycles. The quantitative estimate of drug-likeness (QED) is 0.603. The highest BCUT2D eigenvalue weighted by atomic mass is 16.5. The van der Waals surface area contributed by atoms with Gasteiger partial charge in [0.25, 0.3) is 0 Å². The number of ether oxygens (including phenoxy) is 1. The highest BCUT2D eigenvalue weighted by Gasteiger charge is 2.19. The smallest absolute Gasteiger partial charge is 0.308 e. The van der Waals surface area contributed by atoms with E-state index < -0.39 is 0 Å². The molecule has 0 heterocycles. The molecule has 2 nitrogen and oxygen atoms in total. The minimum absolute atomic E-state index is 0.0241. The van der Waals surface area contributed by atoms with Gasteiger partial charge < -0.3 is 4.74 Å². The first kappa shape index (κ1) is 14.5. The number of carbonyl (C=O) groups excluding carboxylic acids is 1. The van der Waals surface area contributed by atoms with Crippen LogP contribution in [0.15, 0.2) is 0 Å². The normalized spacial score (nSPS) is 15.1. The van der Waals surface area contributed by atoms with Gasteiger partial charge in [-0.1, -0.05) is 41.0 Å². The monoisotopic (exact) mass is 214 g/mol. The van der Waals surface area contributed by atoms with E-state index in [0.29, 0.717) is 5.92 Å². The first-order valence-corrected chi connectivity index (χ1v) is 6.21. The summed E-state index contributed by atoms with van der Waals surface area (Å²) >= 11 is 0. The van der Waals surface area contributed by atoms with Crippen molar-refractivity contribution >= 4 is 5.97 Å². The predicted octanol–water partition coefficient (Wildman–Crippen LogP) is 3.79. The van der Waals surface area contributed by atoms with Crippen molar-refractivity contribution in [1.82, 2.24) is 0 Å². The van der Waals surface area contributed by atoms with E-state index in [-0.39, 0.29) is 18.0 Å². The second kappa shape index (κ2) is 7.72. The maximum Gasteiger partial charge on any atom is 0.308 e. The van der Waals surface area contributed by atoms with Crippen molar-refractivity contribution in [1.29, 1.82) is 0 Å². The summed E-state index contributed by atoms with van der Waals surface area (Å²) in [5.41, 5.74) is 0. The molecule has 0 aromatic rings. The Morgan fingerprint density at radius 1 is 1.20 bits per heavy atom. The topological polar surface area (TPSA) is 26.3 Å². The van der Waals surface area contributed by atoms with Crippen LogP contribution in [-0.2, 0) is 9.53 Å². The van der Waals surface area contributed by atoms with Crippen LogP contribution in [0.2, 0.25) is 0 Å². The third kappa shape index (κ3) is 6.53. The summed E-state index contributed by atoms with van der Waals surface area (Å²) in [4.78, 5) is 11.7. The molecule has 0 aromatic carbocycles. The minimum Gasteiger partial charge on any atom is -0.462 e. The van der Waals surface area contributed by atoms with Crippen molar-refractivity contribution in [2.24, 2.45) is 11.8 Å². The van der Waals surface area contributed by atoms with Crippen molar-refractivity contribution < 1.29 is 9.53 Å². The standard InChI is InChI=1S/C13H26O2/c1-6-8-12(7-2)15-13(14)11(5)9-10(3)4/h10-12H,6-9H2,1-5H3. The van der Waals surface area contributed by atoms with Crippen molar-refractivity contribution in [2.45, 2.75) is 66.4 Å². The maximum atomic E-state index is 11.7. The Bertz CT molecular complexity index is 175. The van der Waals surface area contributed by atoms with E-state index in [2.05, 4.69) is 27.7 Å². The maximum absolute atomic E-state index is 11.7. The number of hydrogen-bond donors (Lipinski definition) is 0. The van der Waals surface area contributed by atoms with Crippen molar-refractivity contribution in [3.8, 4) is 0 Å². The Morgan fingerprint density at radius 2 is 1.80 bits per heavy atom. The molecule has 0 radical (unpaired) electrons. The van der Waals surface area contributed by atoms with E-state index in [9.17, 15) is 4.79 Å². The van der Waals surface area contributed by atoms with Gasteiger partial charge in [-0.3, -0.25) is 4.79 Å². The fourth-order valence-electron chi connectivity index (χ4n) is 1.75. The molecule has 2 atom stereocenters. The molecule has 0 aliphatic heterocycles. The van der Waals surface area contributed by atoms with Crippen molar-refractivity contribution in [3.05, 3.63) is 0 Å². The third-order valence-corrected chi connectivity index (χ3v) is 2.58. The second-order valence-corrected chi connectivity index (χ2v) is 4.79. The van der Waals surface area contributed by atoms with Gasteiger partial charge in [0.2, 0.25) is 0 Å². The SMILES string of the molecule is CCCC(CC)OC(=O)C(C)CC(C)C. The van der Waals surface area contributed by atoms with E-state index in [1.165, 1.54) is 0 Å². The number of hydrogen-bond acceptors (Lipinski definition) is 2. The average molecular weight is 214 g/mol.